The third-order valence-corrected chi connectivity index (χ3v) is 5.20. The first-order valence-corrected chi connectivity index (χ1v) is 9.60. The quantitative estimate of drug-likeness (QED) is 0.743. The van der Waals surface area contributed by atoms with Crippen LogP contribution in [0.3, 0.4) is 0 Å². The van der Waals surface area contributed by atoms with Crippen LogP contribution in [0.15, 0.2) is 28.4 Å². The standard InChI is InChI=1S/C21H26N4O2/c1-3-4-11-21(23-24-21)12-10-19(26)22-17-9-8-16(2)18(15-17)20(27)25-13-6-5-7-14-25/h1,8-9,15H,4-7,10-14H2,2H3,(H,22,26). The van der Waals surface area contributed by atoms with Crippen LogP contribution in [-0.4, -0.2) is 35.5 Å². The van der Waals surface area contributed by atoms with E-state index in [4.69, 9.17) is 6.42 Å². The molecule has 27 heavy (non-hydrogen) atoms. The van der Waals surface area contributed by atoms with E-state index in [9.17, 15) is 9.59 Å². The molecule has 142 valence electrons. The Morgan fingerprint density at radius 1 is 1.22 bits per heavy atom. The molecule has 0 bridgehead atoms. The number of rotatable bonds is 7. The third kappa shape index (κ3) is 4.94. The lowest BCUT2D eigenvalue weighted by Crippen LogP contribution is -2.36. The second-order valence-corrected chi connectivity index (χ2v) is 7.32. The molecule has 0 unspecified atom stereocenters. The van der Waals surface area contributed by atoms with Gasteiger partial charge in [0.15, 0.2) is 5.66 Å². The number of piperidine rings is 1. The molecule has 2 aliphatic heterocycles. The number of carbonyl (C=O) groups is 2. The SMILES string of the molecule is C#CCCC1(CCC(=O)Nc2ccc(C)c(C(=O)N3CCCCC3)c2)N=N1. The van der Waals surface area contributed by atoms with Gasteiger partial charge in [0.05, 0.1) is 0 Å². The van der Waals surface area contributed by atoms with Crippen LogP contribution in [-0.2, 0) is 4.79 Å². The summed E-state index contributed by atoms with van der Waals surface area (Å²) in [6, 6.07) is 5.50. The highest BCUT2D eigenvalue weighted by molar-refractivity contribution is 5.98. The van der Waals surface area contributed by atoms with Crippen molar-refractivity contribution < 1.29 is 9.59 Å². The topological polar surface area (TPSA) is 74.1 Å². The fourth-order valence-electron chi connectivity index (χ4n) is 3.40. The van der Waals surface area contributed by atoms with E-state index in [1.165, 1.54) is 6.42 Å². The molecule has 0 aliphatic carbocycles. The molecule has 0 spiro atoms. The van der Waals surface area contributed by atoms with Crippen molar-refractivity contribution in [1.29, 1.82) is 0 Å². The molecule has 0 saturated carbocycles. The van der Waals surface area contributed by atoms with E-state index >= 15 is 0 Å². The van der Waals surface area contributed by atoms with Gasteiger partial charge in [0.2, 0.25) is 5.91 Å². The number of benzene rings is 1. The van der Waals surface area contributed by atoms with Crippen molar-refractivity contribution in [2.45, 2.75) is 57.5 Å². The zero-order valence-electron chi connectivity index (χ0n) is 15.8. The Hall–Kier alpha value is -2.68. The molecule has 6 heteroatoms. The van der Waals surface area contributed by atoms with Crippen molar-refractivity contribution in [1.82, 2.24) is 4.90 Å². The summed E-state index contributed by atoms with van der Waals surface area (Å²) in [5, 5.41) is 11.0. The maximum Gasteiger partial charge on any atom is 0.254 e. The van der Waals surface area contributed by atoms with Gasteiger partial charge >= 0.3 is 0 Å². The second-order valence-electron chi connectivity index (χ2n) is 7.32. The summed E-state index contributed by atoms with van der Waals surface area (Å²) in [5.41, 5.74) is 1.78. The van der Waals surface area contributed by atoms with Crippen molar-refractivity contribution in [3.05, 3.63) is 29.3 Å². The first-order chi connectivity index (χ1) is 13.0. The Labute approximate surface area is 160 Å². The number of likely N-dealkylation sites (tertiary alicyclic amines) is 1. The lowest BCUT2D eigenvalue weighted by molar-refractivity contribution is -0.116. The molecule has 2 aliphatic rings. The van der Waals surface area contributed by atoms with Crippen molar-refractivity contribution in [2.24, 2.45) is 10.2 Å². The maximum atomic E-state index is 12.8. The first-order valence-electron chi connectivity index (χ1n) is 9.60. The minimum Gasteiger partial charge on any atom is -0.339 e. The molecular weight excluding hydrogens is 340 g/mol. The molecular formula is C21H26N4O2. The molecule has 1 N–H and O–H groups in total. The fourth-order valence-corrected chi connectivity index (χ4v) is 3.40. The van der Waals surface area contributed by atoms with Gasteiger partial charge in [-0.2, -0.15) is 10.2 Å². The highest BCUT2D eigenvalue weighted by Gasteiger charge is 2.39. The van der Waals surface area contributed by atoms with E-state index in [1.807, 2.05) is 24.0 Å². The largest absolute Gasteiger partial charge is 0.339 e. The van der Waals surface area contributed by atoms with E-state index in [2.05, 4.69) is 21.5 Å². The molecule has 1 aromatic carbocycles. The van der Waals surface area contributed by atoms with E-state index in [1.54, 1.807) is 6.07 Å². The number of terminal acetylenes is 1. The average Bonchev–Trinajstić information content (AvgIpc) is 3.47. The van der Waals surface area contributed by atoms with Gasteiger partial charge in [-0.1, -0.05) is 6.07 Å². The van der Waals surface area contributed by atoms with E-state index < -0.39 is 5.66 Å². The molecule has 1 aromatic rings. The second kappa shape index (κ2) is 8.34. The summed E-state index contributed by atoms with van der Waals surface area (Å²) in [6.45, 7) is 3.54. The Bertz CT molecular complexity index is 782. The highest BCUT2D eigenvalue weighted by Crippen LogP contribution is 2.37. The van der Waals surface area contributed by atoms with E-state index in [0.29, 0.717) is 36.9 Å². The minimum atomic E-state index is -0.452. The van der Waals surface area contributed by atoms with Crippen LogP contribution in [0.4, 0.5) is 5.69 Å². The van der Waals surface area contributed by atoms with Crippen LogP contribution in [0, 0.1) is 19.3 Å². The summed E-state index contributed by atoms with van der Waals surface area (Å²) in [7, 11) is 0. The average molecular weight is 366 g/mol. The number of nitrogens with one attached hydrogen (secondary N) is 1. The molecule has 2 amide bonds. The maximum absolute atomic E-state index is 12.8. The summed E-state index contributed by atoms with van der Waals surface area (Å²) in [5.74, 6) is 2.53. The smallest absolute Gasteiger partial charge is 0.254 e. The Kier molecular flexibility index (Phi) is 5.90. The fraction of sp³-hybridized carbons (Fsp3) is 0.524. The Balaban J connectivity index is 1.58. The van der Waals surface area contributed by atoms with Gasteiger partial charge in [0.25, 0.3) is 5.91 Å². The molecule has 2 heterocycles. The van der Waals surface area contributed by atoms with Gasteiger partial charge in [-0.15, -0.1) is 12.3 Å². The number of nitrogens with zero attached hydrogens (tertiary/aromatic N) is 3. The number of amides is 2. The normalized spacial score (nSPS) is 17.3. The Morgan fingerprint density at radius 2 is 1.96 bits per heavy atom. The molecule has 0 radical (unpaired) electrons. The number of hydrogen-bond donors (Lipinski definition) is 1. The molecule has 1 saturated heterocycles. The van der Waals surface area contributed by atoms with Gasteiger partial charge in [-0.25, -0.2) is 0 Å². The summed E-state index contributed by atoms with van der Waals surface area (Å²) >= 11 is 0. The third-order valence-electron chi connectivity index (χ3n) is 5.20. The van der Waals surface area contributed by atoms with E-state index in [-0.39, 0.29) is 11.8 Å². The number of anilines is 1. The van der Waals surface area contributed by atoms with E-state index in [0.717, 1.165) is 31.5 Å². The minimum absolute atomic E-state index is 0.0483. The highest BCUT2D eigenvalue weighted by atomic mass is 16.2. The Morgan fingerprint density at radius 3 is 2.63 bits per heavy atom. The summed E-state index contributed by atoms with van der Waals surface area (Å²) in [6.07, 6.45) is 10.7. The predicted octanol–water partition coefficient (Wildman–Crippen LogP) is 3.92. The van der Waals surface area contributed by atoms with Crippen molar-refractivity contribution >= 4 is 17.5 Å². The van der Waals surface area contributed by atoms with Crippen LogP contribution in [0.5, 0.6) is 0 Å². The monoisotopic (exact) mass is 366 g/mol. The molecule has 3 rings (SSSR count). The lowest BCUT2D eigenvalue weighted by Gasteiger charge is -2.27. The van der Waals surface area contributed by atoms with Gasteiger partial charge in [0.1, 0.15) is 0 Å². The van der Waals surface area contributed by atoms with Gasteiger partial charge < -0.3 is 10.2 Å². The molecule has 0 atom stereocenters. The van der Waals surface area contributed by atoms with Gasteiger partial charge in [-0.05, 0) is 43.9 Å². The molecule has 0 aromatic heterocycles. The molecule has 1 fully saturated rings. The van der Waals surface area contributed by atoms with Gasteiger partial charge in [0, 0.05) is 50.0 Å². The number of hydrogen-bond acceptors (Lipinski definition) is 4. The first kappa shape index (κ1) is 19.1. The molecule has 6 nitrogen and oxygen atoms in total. The summed E-state index contributed by atoms with van der Waals surface area (Å²) in [4.78, 5) is 27.0. The summed E-state index contributed by atoms with van der Waals surface area (Å²) < 4.78 is 0. The van der Waals surface area contributed by atoms with Crippen LogP contribution in [0.1, 0.15) is 60.9 Å². The zero-order valence-corrected chi connectivity index (χ0v) is 15.8. The van der Waals surface area contributed by atoms with Crippen LogP contribution < -0.4 is 5.32 Å². The van der Waals surface area contributed by atoms with Crippen molar-refractivity contribution in [3.8, 4) is 12.3 Å². The number of aryl methyl sites for hydroxylation is 1. The van der Waals surface area contributed by atoms with Crippen LogP contribution >= 0.6 is 0 Å². The van der Waals surface area contributed by atoms with Gasteiger partial charge in [-0.3, -0.25) is 9.59 Å². The predicted molar refractivity (Wildman–Crippen MR) is 104 cm³/mol. The zero-order chi connectivity index (χ0) is 19.3. The lowest BCUT2D eigenvalue weighted by atomic mass is 10.0. The van der Waals surface area contributed by atoms with Crippen molar-refractivity contribution in [2.75, 3.05) is 18.4 Å². The van der Waals surface area contributed by atoms with Crippen LogP contribution in [0.25, 0.3) is 0 Å². The van der Waals surface area contributed by atoms with Crippen LogP contribution in [0.2, 0.25) is 0 Å². The number of carbonyl (C=O) groups excluding carboxylic acids is 2. The van der Waals surface area contributed by atoms with Crippen molar-refractivity contribution in [3.63, 3.8) is 0 Å².